The van der Waals surface area contributed by atoms with Gasteiger partial charge in [-0.1, -0.05) is 69.4 Å². The van der Waals surface area contributed by atoms with Crippen molar-refractivity contribution >= 4 is 17.7 Å². The van der Waals surface area contributed by atoms with Gasteiger partial charge in [-0.15, -0.1) is 0 Å². The molecule has 158 valence electrons. The molecule has 0 aliphatic heterocycles. The zero-order valence-corrected chi connectivity index (χ0v) is 17.5. The quantitative estimate of drug-likeness (QED) is 0.321. The van der Waals surface area contributed by atoms with Crippen molar-refractivity contribution in [3.05, 3.63) is 69.8 Å². The van der Waals surface area contributed by atoms with E-state index < -0.39 is 28.7 Å². The first-order valence-corrected chi connectivity index (χ1v) is 10.3. The van der Waals surface area contributed by atoms with Gasteiger partial charge in [-0.3, -0.25) is 0 Å². The number of allylic oxidation sites excluding steroid dienone is 6. The van der Waals surface area contributed by atoms with E-state index in [1.807, 2.05) is 18.2 Å². The summed E-state index contributed by atoms with van der Waals surface area (Å²) in [5.74, 6) is -3.95. The molecule has 3 aliphatic rings. The van der Waals surface area contributed by atoms with Crippen LogP contribution in [0, 0.1) is 5.92 Å². The average Bonchev–Trinajstić information content (AvgIpc) is 2.74. The molecule has 2 aromatic rings. The molecule has 0 radical (unpaired) electrons. The summed E-state index contributed by atoms with van der Waals surface area (Å²) < 4.78 is 0. The van der Waals surface area contributed by atoms with Gasteiger partial charge in [0.1, 0.15) is 0 Å². The van der Waals surface area contributed by atoms with E-state index in [4.69, 9.17) is 0 Å². The van der Waals surface area contributed by atoms with Crippen molar-refractivity contribution in [2.45, 2.75) is 32.1 Å². The molecule has 5 rings (SSSR count). The summed E-state index contributed by atoms with van der Waals surface area (Å²) in [6.07, 6.45) is 12.1. The highest BCUT2D eigenvalue weighted by molar-refractivity contribution is 5.93. The smallest absolute Gasteiger partial charge is 0.208 e. The van der Waals surface area contributed by atoms with E-state index in [0.717, 1.165) is 16.7 Å². The molecule has 0 spiro atoms. The molecule has 3 aliphatic carbocycles. The fourth-order valence-corrected chi connectivity index (χ4v) is 4.84. The first-order valence-electron chi connectivity index (χ1n) is 10.3. The van der Waals surface area contributed by atoms with Crippen molar-refractivity contribution in [1.82, 2.24) is 0 Å². The predicted octanol–water partition coefficient (Wildman–Crippen LogP) is 5.29. The van der Waals surface area contributed by atoms with E-state index in [2.05, 4.69) is 45.1 Å². The molecule has 2 unspecified atom stereocenters. The minimum Gasteiger partial charge on any atom is -0.504 e. The molecule has 5 N–H and O–H groups in total. The van der Waals surface area contributed by atoms with Crippen LogP contribution in [0.1, 0.15) is 54.5 Å². The molecule has 0 aromatic heterocycles. The minimum atomic E-state index is -0.954. The monoisotopic (exact) mass is 416 g/mol. The second-order valence-corrected chi connectivity index (χ2v) is 9.41. The SMILES string of the molecule is CC(C)(C)c1cc2c3c(c1)C=CC1C=CC(c4c(O)c(O)c(O)c(O)c4O)=C(C=C2)C31. The Labute approximate surface area is 180 Å². The molecule has 2 atom stereocenters. The molecule has 0 bridgehead atoms. The first kappa shape index (κ1) is 19.4. The van der Waals surface area contributed by atoms with Gasteiger partial charge in [0.15, 0.2) is 11.5 Å². The maximum atomic E-state index is 10.5. The van der Waals surface area contributed by atoms with Crippen molar-refractivity contribution in [3.63, 3.8) is 0 Å². The summed E-state index contributed by atoms with van der Waals surface area (Å²) in [5.41, 5.74) is 5.98. The fraction of sp³-hybridized carbons (Fsp3) is 0.231. The largest absolute Gasteiger partial charge is 0.504 e. The Bertz CT molecular complexity index is 1240. The normalized spacial score (nSPS) is 20.9. The van der Waals surface area contributed by atoms with Crippen LogP contribution in [0.4, 0.5) is 0 Å². The molecule has 31 heavy (non-hydrogen) atoms. The number of rotatable bonds is 1. The third-order valence-corrected chi connectivity index (χ3v) is 6.52. The number of hydrogen-bond donors (Lipinski definition) is 5. The number of aromatic hydroxyl groups is 5. The van der Waals surface area contributed by atoms with Crippen LogP contribution in [-0.4, -0.2) is 25.5 Å². The molecule has 5 nitrogen and oxygen atoms in total. The van der Waals surface area contributed by atoms with E-state index in [0.29, 0.717) is 5.57 Å². The summed E-state index contributed by atoms with van der Waals surface area (Å²) in [4.78, 5) is 0. The number of phenols is 5. The molecule has 0 amide bonds. The van der Waals surface area contributed by atoms with Crippen molar-refractivity contribution in [3.8, 4) is 28.7 Å². The molecular formula is C26H24O5. The summed E-state index contributed by atoms with van der Waals surface area (Å²) in [7, 11) is 0. The Morgan fingerprint density at radius 2 is 1.23 bits per heavy atom. The number of phenolic OH excluding ortho intramolecular Hbond substituents is 5. The Hall–Kier alpha value is -3.60. The van der Waals surface area contributed by atoms with Gasteiger partial charge in [0.05, 0.1) is 5.56 Å². The summed E-state index contributed by atoms with van der Waals surface area (Å²) >= 11 is 0. The Morgan fingerprint density at radius 1 is 0.677 bits per heavy atom. The lowest BCUT2D eigenvalue weighted by molar-refractivity contribution is 0.327. The lowest BCUT2D eigenvalue weighted by Crippen LogP contribution is -2.23. The summed E-state index contributed by atoms with van der Waals surface area (Å²) in [6, 6.07) is 4.43. The predicted molar refractivity (Wildman–Crippen MR) is 120 cm³/mol. The molecule has 0 fully saturated rings. The van der Waals surface area contributed by atoms with E-state index in [1.54, 1.807) is 6.08 Å². The molecule has 5 heteroatoms. The zero-order valence-electron chi connectivity index (χ0n) is 17.5. The van der Waals surface area contributed by atoms with Crippen LogP contribution >= 0.6 is 0 Å². The number of benzene rings is 2. The number of hydrogen-bond acceptors (Lipinski definition) is 5. The van der Waals surface area contributed by atoms with Crippen LogP contribution in [0.5, 0.6) is 28.7 Å². The van der Waals surface area contributed by atoms with Crippen LogP contribution in [0.25, 0.3) is 17.7 Å². The standard InChI is InChI=1S/C26H24O5/c1-26(2,3)15-10-13-5-4-12-6-8-17(16-9-7-14(11-15)18(13)19(12)16)20-21(27)23(29)25(31)24(30)22(20)28/h4-12,19,27-31H,1-3H3. The summed E-state index contributed by atoms with van der Waals surface area (Å²) in [6.45, 7) is 6.56. The average molecular weight is 416 g/mol. The van der Waals surface area contributed by atoms with Crippen molar-refractivity contribution in [2.24, 2.45) is 5.92 Å². The van der Waals surface area contributed by atoms with Gasteiger partial charge in [0.2, 0.25) is 17.2 Å². The van der Waals surface area contributed by atoms with Crippen molar-refractivity contribution in [1.29, 1.82) is 0 Å². The summed E-state index contributed by atoms with van der Waals surface area (Å²) in [5, 5.41) is 50.8. The zero-order chi connectivity index (χ0) is 22.2. The van der Waals surface area contributed by atoms with E-state index >= 15 is 0 Å². The Morgan fingerprint density at radius 3 is 1.84 bits per heavy atom. The van der Waals surface area contributed by atoms with Crippen molar-refractivity contribution in [2.75, 3.05) is 0 Å². The van der Waals surface area contributed by atoms with Gasteiger partial charge < -0.3 is 25.5 Å². The lowest BCUT2D eigenvalue weighted by Gasteiger charge is -2.38. The molecular weight excluding hydrogens is 392 g/mol. The Balaban J connectivity index is 1.78. The third-order valence-electron chi connectivity index (χ3n) is 6.52. The van der Waals surface area contributed by atoms with Gasteiger partial charge in [-0.25, -0.2) is 0 Å². The van der Waals surface area contributed by atoms with E-state index in [-0.39, 0.29) is 22.8 Å². The molecule has 2 aromatic carbocycles. The molecule has 0 heterocycles. The molecule has 0 saturated carbocycles. The van der Waals surface area contributed by atoms with E-state index in [1.165, 1.54) is 11.1 Å². The van der Waals surface area contributed by atoms with Crippen LogP contribution in [0.2, 0.25) is 0 Å². The highest BCUT2D eigenvalue weighted by atomic mass is 16.4. The highest BCUT2D eigenvalue weighted by Gasteiger charge is 2.37. The van der Waals surface area contributed by atoms with Gasteiger partial charge in [0.25, 0.3) is 0 Å². The van der Waals surface area contributed by atoms with Crippen LogP contribution in [0.3, 0.4) is 0 Å². The van der Waals surface area contributed by atoms with Crippen LogP contribution in [-0.2, 0) is 5.41 Å². The topological polar surface area (TPSA) is 101 Å². The Kier molecular flexibility index (Phi) is 3.88. The molecule has 0 saturated heterocycles. The van der Waals surface area contributed by atoms with Crippen LogP contribution in [0.15, 0.2) is 42.0 Å². The van der Waals surface area contributed by atoms with Gasteiger partial charge in [0, 0.05) is 11.8 Å². The fourth-order valence-electron chi connectivity index (χ4n) is 4.84. The van der Waals surface area contributed by atoms with Crippen molar-refractivity contribution < 1.29 is 25.5 Å². The van der Waals surface area contributed by atoms with Crippen LogP contribution < -0.4 is 0 Å². The van der Waals surface area contributed by atoms with E-state index in [9.17, 15) is 25.5 Å². The maximum absolute atomic E-state index is 10.5. The first-order chi connectivity index (χ1) is 14.6. The maximum Gasteiger partial charge on any atom is 0.208 e. The second-order valence-electron chi connectivity index (χ2n) is 9.41. The highest BCUT2D eigenvalue weighted by Crippen LogP contribution is 2.57. The van der Waals surface area contributed by atoms with Gasteiger partial charge in [-0.2, -0.15) is 0 Å². The second kappa shape index (κ2) is 6.20. The van der Waals surface area contributed by atoms with Gasteiger partial charge >= 0.3 is 0 Å². The third kappa shape index (κ3) is 2.62. The minimum absolute atomic E-state index is 0.0104. The van der Waals surface area contributed by atoms with Gasteiger partial charge in [-0.05, 0) is 38.8 Å². The lowest BCUT2D eigenvalue weighted by atomic mass is 9.66.